The molecule has 1 aromatic carbocycles. The first-order valence-corrected chi connectivity index (χ1v) is 4.40. The molecule has 74 valence electrons. The van der Waals surface area contributed by atoms with Crippen molar-refractivity contribution in [3.63, 3.8) is 0 Å². The van der Waals surface area contributed by atoms with Crippen LogP contribution in [0.2, 0.25) is 0 Å². The van der Waals surface area contributed by atoms with Gasteiger partial charge in [0.25, 0.3) is 0 Å². The first-order chi connectivity index (χ1) is 6.77. The zero-order valence-electron chi connectivity index (χ0n) is 7.50. The summed E-state index contributed by atoms with van der Waals surface area (Å²) in [5, 5.41) is 2.63. The molecule has 0 aliphatic carbocycles. The number of nitrogens with one attached hydrogen (secondary N) is 1. The van der Waals surface area contributed by atoms with Gasteiger partial charge in [-0.3, -0.25) is 4.79 Å². The maximum Gasteiger partial charge on any atom is 0.246 e. The van der Waals surface area contributed by atoms with Crippen molar-refractivity contribution < 1.29 is 13.9 Å². The average Bonchev–Trinajstić information content (AvgIpc) is 2.20. The number of rotatable bonds is 1. The summed E-state index contributed by atoms with van der Waals surface area (Å²) in [6, 6.07) is 6.42. The summed E-state index contributed by atoms with van der Waals surface area (Å²) in [7, 11) is 0. The van der Waals surface area contributed by atoms with Crippen molar-refractivity contribution >= 4 is 5.91 Å². The Bertz CT molecular complexity index is 344. The van der Waals surface area contributed by atoms with Crippen LogP contribution in [0.1, 0.15) is 11.7 Å². The zero-order valence-corrected chi connectivity index (χ0v) is 7.50. The molecule has 1 aliphatic heterocycles. The van der Waals surface area contributed by atoms with Crippen LogP contribution in [0.25, 0.3) is 0 Å². The predicted molar refractivity (Wildman–Crippen MR) is 48.1 cm³/mol. The minimum atomic E-state index is -0.367. The Morgan fingerprint density at radius 1 is 1.43 bits per heavy atom. The van der Waals surface area contributed by atoms with Gasteiger partial charge in [0, 0.05) is 12.1 Å². The van der Waals surface area contributed by atoms with Crippen LogP contribution in [-0.4, -0.2) is 19.1 Å². The summed E-state index contributed by atoms with van der Waals surface area (Å²) in [6.45, 7) is 0.332. The Morgan fingerprint density at radius 2 is 2.21 bits per heavy atom. The van der Waals surface area contributed by atoms with E-state index in [1.807, 2.05) is 0 Å². The van der Waals surface area contributed by atoms with E-state index in [0.29, 0.717) is 12.1 Å². The molecule has 0 spiro atoms. The summed E-state index contributed by atoms with van der Waals surface area (Å²) in [6.07, 6.45) is -0.367. The van der Waals surface area contributed by atoms with Gasteiger partial charge in [-0.1, -0.05) is 18.2 Å². The fraction of sp³-hybridized carbons (Fsp3) is 0.300. The first kappa shape index (κ1) is 9.15. The second kappa shape index (κ2) is 3.75. The summed E-state index contributed by atoms with van der Waals surface area (Å²) < 4.78 is 18.5. The fourth-order valence-electron chi connectivity index (χ4n) is 1.43. The van der Waals surface area contributed by atoms with Crippen LogP contribution in [0, 0.1) is 5.82 Å². The third-order valence-electron chi connectivity index (χ3n) is 2.15. The highest BCUT2D eigenvalue weighted by Gasteiger charge is 2.22. The molecule has 3 nitrogen and oxygen atoms in total. The number of carbonyl (C=O) groups is 1. The Morgan fingerprint density at radius 3 is 2.86 bits per heavy atom. The standard InChI is InChI=1S/C10H10FNO2/c11-8-4-2-1-3-7(8)9-5-12-10(13)6-14-9/h1-4,9H,5-6H2,(H,12,13)/t9-/m1/s1. The molecule has 1 aromatic rings. The fourth-order valence-corrected chi connectivity index (χ4v) is 1.43. The molecule has 4 heteroatoms. The number of hydrogen-bond acceptors (Lipinski definition) is 2. The van der Waals surface area contributed by atoms with Crippen LogP contribution in [0.15, 0.2) is 24.3 Å². The van der Waals surface area contributed by atoms with Gasteiger partial charge >= 0.3 is 0 Å². The van der Waals surface area contributed by atoms with Crippen molar-refractivity contribution in [2.45, 2.75) is 6.10 Å². The van der Waals surface area contributed by atoms with Gasteiger partial charge in [0.2, 0.25) is 5.91 Å². The number of ether oxygens (including phenoxy) is 1. The van der Waals surface area contributed by atoms with Crippen LogP contribution in [0.3, 0.4) is 0 Å². The zero-order chi connectivity index (χ0) is 9.97. The smallest absolute Gasteiger partial charge is 0.246 e. The Hall–Kier alpha value is -1.42. The normalized spacial score (nSPS) is 21.8. The largest absolute Gasteiger partial charge is 0.362 e. The van der Waals surface area contributed by atoms with Gasteiger partial charge in [-0.2, -0.15) is 0 Å². The van der Waals surface area contributed by atoms with E-state index in [1.54, 1.807) is 18.2 Å². The Labute approximate surface area is 80.9 Å². The molecule has 1 atom stereocenters. The third kappa shape index (κ3) is 1.75. The lowest BCUT2D eigenvalue weighted by atomic mass is 10.1. The molecule has 0 unspecified atom stereocenters. The van der Waals surface area contributed by atoms with Gasteiger partial charge < -0.3 is 10.1 Å². The van der Waals surface area contributed by atoms with Crippen LogP contribution >= 0.6 is 0 Å². The maximum absolute atomic E-state index is 13.3. The quantitative estimate of drug-likeness (QED) is 0.726. The summed E-state index contributed by atoms with van der Waals surface area (Å²) in [5.74, 6) is -0.453. The minimum Gasteiger partial charge on any atom is -0.362 e. The molecule has 0 aromatic heterocycles. The van der Waals surface area contributed by atoms with Crippen LogP contribution in [0.5, 0.6) is 0 Å². The number of benzene rings is 1. The number of morpholine rings is 1. The first-order valence-electron chi connectivity index (χ1n) is 4.40. The van der Waals surface area contributed by atoms with Crippen LogP contribution in [-0.2, 0) is 9.53 Å². The van der Waals surface area contributed by atoms with Crippen LogP contribution in [0.4, 0.5) is 4.39 Å². The van der Waals surface area contributed by atoms with E-state index in [-0.39, 0.29) is 24.4 Å². The highest BCUT2D eigenvalue weighted by atomic mass is 19.1. The lowest BCUT2D eigenvalue weighted by Gasteiger charge is -2.23. The van der Waals surface area contributed by atoms with Crippen molar-refractivity contribution in [2.75, 3.05) is 13.2 Å². The Balaban J connectivity index is 2.16. The van der Waals surface area contributed by atoms with Gasteiger partial charge in [-0.05, 0) is 6.07 Å². The Kier molecular flexibility index (Phi) is 2.45. The molecule has 0 bridgehead atoms. The molecule has 2 rings (SSSR count). The van der Waals surface area contributed by atoms with Crippen molar-refractivity contribution in [3.8, 4) is 0 Å². The second-order valence-electron chi connectivity index (χ2n) is 3.13. The van der Waals surface area contributed by atoms with E-state index < -0.39 is 0 Å². The molecule has 1 amide bonds. The van der Waals surface area contributed by atoms with Crippen molar-refractivity contribution in [3.05, 3.63) is 35.6 Å². The van der Waals surface area contributed by atoms with Gasteiger partial charge in [0.15, 0.2) is 0 Å². The molecule has 1 fully saturated rings. The highest BCUT2D eigenvalue weighted by Crippen LogP contribution is 2.21. The number of carbonyl (C=O) groups excluding carboxylic acids is 1. The molecule has 1 aliphatic rings. The van der Waals surface area contributed by atoms with Gasteiger partial charge in [-0.25, -0.2) is 4.39 Å². The molecular formula is C10H10FNO2. The molecule has 14 heavy (non-hydrogen) atoms. The van der Waals surface area contributed by atoms with Crippen LogP contribution < -0.4 is 5.32 Å². The average molecular weight is 195 g/mol. The van der Waals surface area contributed by atoms with E-state index in [2.05, 4.69) is 5.32 Å². The molecule has 0 saturated carbocycles. The predicted octanol–water partition coefficient (Wildman–Crippen LogP) is 1.01. The summed E-state index contributed by atoms with van der Waals surface area (Å²) in [4.78, 5) is 10.8. The molecule has 1 saturated heterocycles. The van der Waals surface area contributed by atoms with E-state index >= 15 is 0 Å². The molecule has 0 radical (unpaired) electrons. The number of halogens is 1. The number of amides is 1. The van der Waals surface area contributed by atoms with E-state index in [0.717, 1.165) is 0 Å². The van der Waals surface area contributed by atoms with E-state index in [4.69, 9.17) is 4.74 Å². The van der Waals surface area contributed by atoms with Crippen molar-refractivity contribution in [1.29, 1.82) is 0 Å². The van der Waals surface area contributed by atoms with Crippen molar-refractivity contribution in [1.82, 2.24) is 5.32 Å². The molecule has 1 heterocycles. The monoisotopic (exact) mass is 195 g/mol. The van der Waals surface area contributed by atoms with Gasteiger partial charge in [-0.15, -0.1) is 0 Å². The lowest BCUT2D eigenvalue weighted by molar-refractivity contribution is -0.133. The van der Waals surface area contributed by atoms with Gasteiger partial charge in [0.1, 0.15) is 18.5 Å². The maximum atomic E-state index is 13.3. The minimum absolute atomic E-state index is 0.000991. The molecule has 1 N–H and O–H groups in total. The summed E-state index contributed by atoms with van der Waals surface area (Å²) in [5.41, 5.74) is 0.493. The van der Waals surface area contributed by atoms with E-state index in [1.165, 1.54) is 6.07 Å². The second-order valence-corrected chi connectivity index (χ2v) is 3.13. The lowest BCUT2D eigenvalue weighted by Crippen LogP contribution is -2.38. The van der Waals surface area contributed by atoms with E-state index in [9.17, 15) is 9.18 Å². The summed E-state index contributed by atoms with van der Waals surface area (Å²) >= 11 is 0. The number of hydrogen-bond donors (Lipinski definition) is 1. The highest BCUT2D eigenvalue weighted by molar-refractivity contribution is 5.77. The van der Waals surface area contributed by atoms with Crippen molar-refractivity contribution in [2.24, 2.45) is 0 Å². The van der Waals surface area contributed by atoms with Gasteiger partial charge in [0.05, 0.1) is 0 Å². The SMILES string of the molecule is O=C1CO[C@@H](c2ccccc2F)CN1. The topological polar surface area (TPSA) is 38.3 Å². The molecular weight excluding hydrogens is 185 g/mol. The third-order valence-corrected chi connectivity index (χ3v) is 2.15.